The van der Waals surface area contributed by atoms with E-state index in [4.69, 9.17) is 9.97 Å². The zero-order valence-corrected chi connectivity index (χ0v) is 17.5. The van der Waals surface area contributed by atoms with Gasteiger partial charge in [0.25, 0.3) is 5.91 Å². The van der Waals surface area contributed by atoms with E-state index in [-0.39, 0.29) is 11.9 Å². The Kier molecular flexibility index (Phi) is 5.80. The van der Waals surface area contributed by atoms with Gasteiger partial charge in [0.2, 0.25) is 5.95 Å². The third-order valence-electron chi connectivity index (χ3n) is 5.73. The van der Waals surface area contributed by atoms with Crippen molar-refractivity contribution in [3.05, 3.63) is 33.6 Å². The molecule has 0 atom stereocenters. The van der Waals surface area contributed by atoms with Crippen LogP contribution in [0.2, 0.25) is 0 Å². The summed E-state index contributed by atoms with van der Waals surface area (Å²) in [6, 6.07) is 4.42. The van der Waals surface area contributed by atoms with Crippen molar-refractivity contribution in [2.75, 3.05) is 24.3 Å². The van der Waals surface area contributed by atoms with E-state index in [1.54, 1.807) is 0 Å². The van der Waals surface area contributed by atoms with Crippen LogP contribution < -0.4 is 15.5 Å². The molecule has 0 bridgehead atoms. The summed E-state index contributed by atoms with van der Waals surface area (Å²) in [4.78, 5) is 24.8. The van der Waals surface area contributed by atoms with E-state index in [1.165, 1.54) is 35.4 Å². The van der Waals surface area contributed by atoms with E-state index in [2.05, 4.69) is 29.6 Å². The molecule has 7 heteroatoms. The SMILES string of the molecule is CN(C)c1nc(NC2CCC(NC(=O)c3cccs3)CC2)nc2c1CCCC2. The van der Waals surface area contributed by atoms with E-state index in [1.807, 2.05) is 17.5 Å². The highest BCUT2D eigenvalue weighted by atomic mass is 32.1. The Labute approximate surface area is 170 Å². The van der Waals surface area contributed by atoms with Crippen LogP contribution in [0.3, 0.4) is 0 Å². The number of aromatic nitrogens is 2. The molecule has 0 saturated heterocycles. The summed E-state index contributed by atoms with van der Waals surface area (Å²) < 4.78 is 0. The molecule has 1 fully saturated rings. The van der Waals surface area contributed by atoms with Crippen molar-refractivity contribution < 1.29 is 4.79 Å². The Morgan fingerprint density at radius 2 is 1.86 bits per heavy atom. The van der Waals surface area contributed by atoms with E-state index in [9.17, 15) is 4.79 Å². The molecule has 6 nitrogen and oxygen atoms in total. The zero-order chi connectivity index (χ0) is 19.5. The van der Waals surface area contributed by atoms with Crippen LogP contribution >= 0.6 is 11.3 Å². The smallest absolute Gasteiger partial charge is 0.261 e. The lowest BCUT2D eigenvalue weighted by Gasteiger charge is -2.30. The van der Waals surface area contributed by atoms with Gasteiger partial charge in [-0.3, -0.25) is 4.79 Å². The first kappa shape index (κ1) is 19.2. The number of amides is 1. The second-order valence-electron chi connectivity index (χ2n) is 8.04. The van der Waals surface area contributed by atoms with Gasteiger partial charge in [-0.25, -0.2) is 4.98 Å². The van der Waals surface area contributed by atoms with Gasteiger partial charge < -0.3 is 15.5 Å². The van der Waals surface area contributed by atoms with Gasteiger partial charge in [-0.15, -0.1) is 11.3 Å². The first-order valence-electron chi connectivity index (χ1n) is 10.3. The number of carbonyl (C=O) groups excluding carboxylic acids is 1. The number of hydrogen-bond donors (Lipinski definition) is 2. The van der Waals surface area contributed by atoms with Crippen molar-refractivity contribution in [1.29, 1.82) is 0 Å². The average Bonchev–Trinajstić information content (AvgIpc) is 3.24. The molecule has 2 heterocycles. The molecule has 2 aromatic heterocycles. The molecule has 1 amide bonds. The van der Waals surface area contributed by atoms with Crippen LogP contribution in [0, 0.1) is 0 Å². The van der Waals surface area contributed by atoms with E-state index >= 15 is 0 Å². The predicted octanol–water partition coefficient (Wildman–Crippen LogP) is 3.64. The van der Waals surface area contributed by atoms with Crippen LogP contribution in [0.5, 0.6) is 0 Å². The fraction of sp³-hybridized carbons (Fsp3) is 0.571. The van der Waals surface area contributed by atoms with Gasteiger partial charge in [0.15, 0.2) is 0 Å². The summed E-state index contributed by atoms with van der Waals surface area (Å²) in [6.07, 6.45) is 8.59. The zero-order valence-electron chi connectivity index (χ0n) is 16.7. The lowest BCUT2D eigenvalue weighted by atomic mass is 9.91. The Bertz CT molecular complexity index is 812. The summed E-state index contributed by atoms with van der Waals surface area (Å²) in [5, 5.41) is 8.69. The van der Waals surface area contributed by atoms with Crippen molar-refractivity contribution in [1.82, 2.24) is 15.3 Å². The Hall–Kier alpha value is -2.15. The fourth-order valence-electron chi connectivity index (χ4n) is 4.24. The molecule has 2 aromatic rings. The van der Waals surface area contributed by atoms with Crippen LogP contribution in [-0.4, -0.2) is 42.1 Å². The molecule has 0 spiro atoms. The van der Waals surface area contributed by atoms with Gasteiger partial charge in [0, 0.05) is 31.7 Å². The number of fused-ring (bicyclic) bond motifs is 1. The summed E-state index contributed by atoms with van der Waals surface area (Å²) in [5.41, 5.74) is 2.53. The van der Waals surface area contributed by atoms with Gasteiger partial charge >= 0.3 is 0 Å². The molecule has 2 aliphatic carbocycles. The highest BCUT2D eigenvalue weighted by molar-refractivity contribution is 7.12. The number of hydrogen-bond acceptors (Lipinski definition) is 6. The average molecular weight is 400 g/mol. The predicted molar refractivity (Wildman–Crippen MR) is 114 cm³/mol. The number of carbonyl (C=O) groups is 1. The van der Waals surface area contributed by atoms with Crippen molar-refractivity contribution >= 4 is 29.0 Å². The molecular weight excluding hydrogens is 370 g/mol. The standard InChI is InChI=1S/C21H29N5OS/c1-26(2)19-16-6-3-4-7-17(16)24-21(25-19)23-15-11-9-14(10-12-15)22-20(27)18-8-5-13-28-18/h5,8,13-15H,3-4,6-7,9-12H2,1-2H3,(H,22,27)(H,23,24,25). The molecule has 1 saturated carbocycles. The summed E-state index contributed by atoms with van der Waals surface area (Å²) in [6.45, 7) is 0. The lowest BCUT2D eigenvalue weighted by Crippen LogP contribution is -2.40. The molecule has 0 radical (unpaired) electrons. The summed E-state index contributed by atoms with van der Waals surface area (Å²) in [5.74, 6) is 1.87. The van der Waals surface area contributed by atoms with Gasteiger partial charge in [0.1, 0.15) is 5.82 Å². The molecule has 0 aromatic carbocycles. The lowest BCUT2D eigenvalue weighted by molar-refractivity contribution is 0.0930. The fourth-order valence-corrected chi connectivity index (χ4v) is 4.86. The van der Waals surface area contributed by atoms with Gasteiger partial charge in [-0.2, -0.15) is 4.98 Å². The van der Waals surface area contributed by atoms with E-state index in [0.717, 1.165) is 55.2 Å². The number of rotatable bonds is 5. The number of nitrogens with zero attached hydrogens (tertiary/aromatic N) is 3. The second-order valence-corrected chi connectivity index (χ2v) is 8.99. The van der Waals surface area contributed by atoms with Crippen molar-refractivity contribution in [3.8, 4) is 0 Å². The topological polar surface area (TPSA) is 70.2 Å². The van der Waals surface area contributed by atoms with Gasteiger partial charge in [-0.05, 0) is 62.8 Å². The molecule has 0 aliphatic heterocycles. The minimum Gasteiger partial charge on any atom is -0.362 e. The summed E-state index contributed by atoms with van der Waals surface area (Å²) in [7, 11) is 4.12. The number of aryl methyl sites for hydroxylation is 1. The minimum atomic E-state index is 0.0556. The van der Waals surface area contributed by atoms with Gasteiger partial charge in [0.05, 0.1) is 10.6 Å². The Balaban J connectivity index is 1.36. The number of nitrogens with one attached hydrogen (secondary N) is 2. The molecular formula is C21H29N5OS. The van der Waals surface area contributed by atoms with Crippen LogP contribution in [0.1, 0.15) is 59.5 Å². The van der Waals surface area contributed by atoms with E-state index in [0.29, 0.717) is 6.04 Å². The maximum Gasteiger partial charge on any atom is 0.261 e. The van der Waals surface area contributed by atoms with Crippen LogP contribution in [0.15, 0.2) is 17.5 Å². The first-order valence-corrected chi connectivity index (χ1v) is 11.2. The number of thiophene rings is 1. The maximum atomic E-state index is 12.2. The van der Waals surface area contributed by atoms with Gasteiger partial charge in [-0.1, -0.05) is 6.07 Å². The Morgan fingerprint density at radius 3 is 2.57 bits per heavy atom. The second kappa shape index (κ2) is 8.47. The summed E-state index contributed by atoms with van der Waals surface area (Å²) >= 11 is 1.49. The minimum absolute atomic E-state index is 0.0556. The molecule has 2 aliphatic rings. The molecule has 2 N–H and O–H groups in total. The third-order valence-corrected chi connectivity index (χ3v) is 6.59. The molecule has 28 heavy (non-hydrogen) atoms. The third kappa shape index (κ3) is 4.29. The van der Waals surface area contributed by atoms with Crippen LogP contribution in [0.25, 0.3) is 0 Å². The first-order chi connectivity index (χ1) is 13.6. The molecule has 0 unspecified atom stereocenters. The molecule has 150 valence electrons. The highest BCUT2D eigenvalue weighted by Crippen LogP contribution is 2.29. The van der Waals surface area contributed by atoms with Crippen LogP contribution in [0.4, 0.5) is 11.8 Å². The van der Waals surface area contributed by atoms with E-state index < -0.39 is 0 Å². The number of anilines is 2. The maximum absolute atomic E-state index is 12.2. The largest absolute Gasteiger partial charge is 0.362 e. The van der Waals surface area contributed by atoms with Crippen LogP contribution in [-0.2, 0) is 12.8 Å². The highest BCUT2D eigenvalue weighted by Gasteiger charge is 2.25. The van der Waals surface area contributed by atoms with Crippen molar-refractivity contribution in [3.63, 3.8) is 0 Å². The quantitative estimate of drug-likeness (QED) is 0.803. The Morgan fingerprint density at radius 1 is 1.11 bits per heavy atom. The monoisotopic (exact) mass is 399 g/mol. The van der Waals surface area contributed by atoms with Crippen molar-refractivity contribution in [2.45, 2.75) is 63.5 Å². The normalized spacial score (nSPS) is 21.6. The van der Waals surface area contributed by atoms with Crippen molar-refractivity contribution in [2.24, 2.45) is 0 Å². The molecule has 4 rings (SSSR count).